The van der Waals surface area contributed by atoms with E-state index in [0.29, 0.717) is 17.9 Å². The number of oxime groups is 1. The molecule has 1 aromatic carbocycles. The van der Waals surface area contributed by atoms with Crippen molar-refractivity contribution in [1.29, 1.82) is 0 Å². The van der Waals surface area contributed by atoms with Gasteiger partial charge in [-0.2, -0.15) is 0 Å². The number of nitrogens with zero attached hydrogens (tertiary/aromatic N) is 1. The quantitative estimate of drug-likeness (QED) is 0.478. The lowest BCUT2D eigenvalue weighted by Crippen LogP contribution is -2.28. The van der Waals surface area contributed by atoms with E-state index in [9.17, 15) is 9.18 Å². The number of esters is 1. The molecule has 2 atom stereocenters. The van der Waals surface area contributed by atoms with Crippen molar-refractivity contribution in [3.8, 4) is 5.75 Å². The molecule has 0 radical (unpaired) electrons. The van der Waals surface area contributed by atoms with Crippen molar-refractivity contribution in [2.45, 2.75) is 38.9 Å². The molecule has 0 spiro atoms. The van der Waals surface area contributed by atoms with Gasteiger partial charge in [0.1, 0.15) is 30.0 Å². The van der Waals surface area contributed by atoms with Gasteiger partial charge < -0.3 is 19.0 Å². The largest absolute Gasteiger partial charge is 0.478 e. The molecule has 0 fully saturated rings. The van der Waals surface area contributed by atoms with Gasteiger partial charge in [-0.15, -0.1) is 0 Å². The van der Waals surface area contributed by atoms with Crippen LogP contribution in [0.5, 0.6) is 5.75 Å². The van der Waals surface area contributed by atoms with Gasteiger partial charge in [0, 0.05) is 18.2 Å². The van der Waals surface area contributed by atoms with Crippen LogP contribution < -0.4 is 4.74 Å². The smallest absolute Gasteiger partial charge is 0.346 e. The number of carbonyl (C=O) groups excluding carboxylic acids is 1. The molecule has 6 nitrogen and oxygen atoms in total. The van der Waals surface area contributed by atoms with Gasteiger partial charge in [-0.25, -0.2) is 9.18 Å². The number of carbonyl (C=O) groups is 1. The molecule has 8 heteroatoms. The molecule has 0 bridgehead atoms. The molecule has 1 heterocycles. The summed E-state index contributed by atoms with van der Waals surface area (Å²) in [5.74, 6) is -0.902. The van der Waals surface area contributed by atoms with Gasteiger partial charge in [-0.05, 0) is 35.3 Å². The molecule has 1 aromatic rings. The normalized spacial score (nSPS) is 17.6. The SMILES string of the molecule is CCCCO[C@@H]1CON=C1c1cc(Br)c(F)cc1O[C@@H](C)C(=O)OC. The Balaban J connectivity index is 2.29. The molecule has 0 saturated heterocycles. The van der Waals surface area contributed by atoms with Crippen molar-refractivity contribution < 1.29 is 28.2 Å². The van der Waals surface area contributed by atoms with Gasteiger partial charge in [0.05, 0.1) is 11.6 Å². The fourth-order valence-corrected chi connectivity index (χ4v) is 2.61. The molecule has 0 aliphatic carbocycles. The zero-order valence-corrected chi connectivity index (χ0v) is 16.0. The van der Waals surface area contributed by atoms with Gasteiger partial charge in [0.15, 0.2) is 6.10 Å². The number of methoxy groups -OCH3 is 1. The monoisotopic (exact) mass is 417 g/mol. The topological polar surface area (TPSA) is 66.3 Å². The van der Waals surface area contributed by atoms with Crippen LogP contribution in [-0.4, -0.2) is 44.2 Å². The van der Waals surface area contributed by atoms with E-state index in [4.69, 9.17) is 14.3 Å². The molecule has 1 aliphatic rings. The Bertz CT molecular complexity index is 652. The average Bonchev–Trinajstić information content (AvgIpc) is 3.05. The molecule has 2 rings (SSSR count). The molecule has 25 heavy (non-hydrogen) atoms. The van der Waals surface area contributed by atoms with Crippen LogP contribution in [0.25, 0.3) is 0 Å². The number of halogens is 2. The molecule has 0 saturated carbocycles. The van der Waals surface area contributed by atoms with Crippen molar-refractivity contribution in [2.75, 3.05) is 20.3 Å². The van der Waals surface area contributed by atoms with Crippen molar-refractivity contribution >= 4 is 27.6 Å². The first-order valence-corrected chi connectivity index (χ1v) is 8.82. The summed E-state index contributed by atoms with van der Waals surface area (Å²) < 4.78 is 30.3. The molecule has 0 unspecified atom stereocenters. The maximum absolute atomic E-state index is 14.0. The number of hydrogen-bond acceptors (Lipinski definition) is 6. The first-order chi connectivity index (χ1) is 12.0. The van der Waals surface area contributed by atoms with E-state index in [1.54, 1.807) is 6.07 Å². The Morgan fingerprint density at radius 2 is 2.28 bits per heavy atom. The number of hydrogen-bond donors (Lipinski definition) is 0. The average molecular weight is 418 g/mol. The minimum atomic E-state index is -0.897. The number of rotatable bonds is 8. The van der Waals surface area contributed by atoms with Gasteiger partial charge in [-0.3, -0.25) is 0 Å². The summed E-state index contributed by atoms with van der Waals surface area (Å²) in [7, 11) is 1.26. The molecule has 0 amide bonds. The molecule has 0 N–H and O–H groups in total. The Kier molecular flexibility index (Phi) is 7.19. The highest BCUT2D eigenvalue weighted by molar-refractivity contribution is 9.10. The Morgan fingerprint density at radius 1 is 1.52 bits per heavy atom. The lowest BCUT2D eigenvalue weighted by molar-refractivity contribution is -0.147. The summed E-state index contributed by atoms with van der Waals surface area (Å²) in [4.78, 5) is 16.8. The Morgan fingerprint density at radius 3 is 2.96 bits per heavy atom. The maximum Gasteiger partial charge on any atom is 0.346 e. The Hall–Kier alpha value is -1.67. The molecule has 0 aromatic heterocycles. The minimum absolute atomic E-state index is 0.173. The second-order valence-electron chi connectivity index (χ2n) is 5.53. The lowest BCUT2D eigenvalue weighted by atomic mass is 10.0. The van der Waals surface area contributed by atoms with E-state index in [1.165, 1.54) is 20.1 Å². The third-order valence-corrected chi connectivity index (χ3v) is 4.25. The first-order valence-electron chi connectivity index (χ1n) is 8.03. The highest BCUT2D eigenvalue weighted by Crippen LogP contribution is 2.30. The molecule has 1 aliphatic heterocycles. The second-order valence-corrected chi connectivity index (χ2v) is 6.39. The van der Waals surface area contributed by atoms with Crippen molar-refractivity contribution in [2.24, 2.45) is 5.16 Å². The second kappa shape index (κ2) is 9.15. The van der Waals surface area contributed by atoms with E-state index >= 15 is 0 Å². The van der Waals surface area contributed by atoms with E-state index < -0.39 is 17.9 Å². The van der Waals surface area contributed by atoms with Crippen LogP contribution in [-0.2, 0) is 19.1 Å². The summed E-state index contributed by atoms with van der Waals surface area (Å²) in [5, 5.41) is 4.02. The van der Waals surface area contributed by atoms with E-state index in [0.717, 1.165) is 12.8 Å². The van der Waals surface area contributed by atoms with Crippen molar-refractivity contribution in [1.82, 2.24) is 0 Å². The van der Waals surface area contributed by atoms with E-state index in [-0.39, 0.29) is 22.9 Å². The summed E-state index contributed by atoms with van der Waals surface area (Å²) in [6, 6.07) is 2.74. The van der Waals surface area contributed by atoms with Crippen LogP contribution in [0.3, 0.4) is 0 Å². The third-order valence-electron chi connectivity index (χ3n) is 3.65. The van der Waals surface area contributed by atoms with Gasteiger partial charge in [0.2, 0.25) is 0 Å². The van der Waals surface area contributed by atoms with Crippen LogP contribution >= 0.6 is 15.9 Å². The van der Waals surface area contributed by atoms with E-state index in [2.05, 4.69) is 32.7 Å². The van der Waals surface area contributed by atoms with Crippen LogP contribution in [0.1, 0.15) is 32.3 Å². The first kappa shape index (κ1) is 19.7. The fraction of sp³-hybridized carbons (Fsp3) is 0.529. The van der Waals surface area contributed by atoms with Gasteiger partial charge in [0.25, 0.3) is 0 Å². The highest BCUT2D eigenvalue weighted by atomic mass is 79.9. The van der Waals surface area contributed by atoms with Crippen molar-refractivity contribution in [3.63, 3.8) is 0 Å². The predicted molar refractivity (Wildman–Crippen MR) is 93.3 cm³/mol. The van der Waals surface area contributed by atoms with Crippen LogP contribution in [0, 0.1) is 5.82 Å². The zero-order valence-electron chi connectivity index (χ0n) is 14.4. The summed E-state index contributed by atoms with van der Waals surface area (Å²) in [6.07, 6.45) is 0.652. The van der Waals surface area contributed by atoms with Crippen molar-refractivity contribution in [3.05, 3.63) is 28.0 Å². The Labute approximate surface area is 154 Å². The number of benzene rings is 1. The summed E-state index contributed by atoms with van der Waals surface area (Å²) >= 11 is 3.16. The van der Waals surface area contributed by atoms with Crippen LogP contribution in [0.4, 0.5) is 4.39 Å². The van der Waals surface area contributed by atoms with Gasteiger partial charge in [-0.1, -0.05) is 18.5 Å². The number of ether oxygens (including phenoxy) is 3. The van der Waals surface area contributed by atoms with Crippen LogP contribution in [0.15, 0.2) is 21.8 Å². The fourth-order valence-electron chi connectivity index (χ4n) is 2.26. The van der Waals surface area contributed by atoms with E-state index in [1.807, 2.05) is 0 Å². The lowest BCUT2D eigenvalue weighted by Gasteiger charge is -2.18. The van der Waals surface area contributed by atoms with Gasteiger partial charge >= 0.3 is 5.97 Å². The maximum atomic E-state index is 14.0. The highest BCUT2D eigenvalue weighted by Gasteiger charge is 2.30. The zero-order chi connectivity index (χ0) is 18.4. The molecular weight excluding hydrogens is 397 g/mol. The van der Waals surface area contributed by atoms with Crippen LogP contribution in [0.2, 0.25) is 0 Å². The predicted octanol–water partition coefficient (Wildman–Crippen LogP) is 3.45. The minimum Gasteiger partial charge on any atom is -0.478 e. The molecular formula is C17H21BrFNO5. The third kappa shape index (κ3) is 4.92. The number of unbranched alkanes of at least 4 members (excludes halogenated alkanes) is 1. The summed E-state index contributed by atoms with van der Waals surface area (Å²) in [5.41, 5.74) is 1.01. The summed E-state index contributed by atoms with van der Waals surface area (Å²) in [6.45, 7) is 4.44. The molecule has 138 valence electrons. The standard InChI is InChI=1S/C17H21BrFNO5/c1-4-5-6-23-15-9-24-20-16(15)11-7-12(18)13(19)8-14(11)25-10(2)17(21)22-3/h7-8,10,15H,4-6,9H2,1-3H3/t10-,15+/m0/s1.